The first-order valence-electron chi connectivity index (χ1n) is 4.78. The second kappa shape index (κ2) is 5.36. The lowest BCUT2D eigenvalue weighted by atomic mass is 10.1. The molecule has 8 heteroatoms. The molecule has 1 aromatic carbocycles. The minimum absolute atomic E-state index is 0.415. The van der Waals surface area contributed by atoms with Gasteiger partial charge in [0.25, 0.3) is 0 Å². The summed E-state index contributed by atoms with van der Waals surface area (Å²) in [7, 11) is 0. The topological polar surface area (TPSA) is 76.7 Å². The SMILES string of the molecule is N#CCC(=O)Nc1c(C(F)(F)F)ccc(F)c1C#N. The van der Waals surface area contributed by atoms with Crippen molar-refractivity contribution in [3.05, 3.63) is 29.1 Å². The van der Waals surface area contributed by atoms with Gasteiger partial charge < -0.3 is 5.32 Å². The molecule has 0 fully saturated rings. The number of nitrogens with one attached hydrogen (secondary N) is 1. The molecule has 0 radical (unpaired) electrons. The van der Waals surface area contributed by atoms with Gasteiger partial charge in [-0.1, -0.05) is 0 Å². The first-order valence-corrected chi connectivity index (χ1v) is 4.78. The van der Waals surface area contributed by atoms with Crippen molar-refractivity contribution in [1.82, 2.24) is 0 Å². The molecule has 1 amide bonds. The molecular weight excluding hydrogens is 266 g/mol. The molecule has 98 valence electrons. The van der Waals surface area contributed by atoms with Crippen molar-refractivity contribution >= 4 is 11.6 Å². The predicted octanol–water partition coefficient (Wildman–Crippen LogP) is 2.57. The van der Waals surface area contributed by atoms with Crippen LogP contribution in [0.2, 0.25) is 0 Å². The molecule has 0 spiro atoms. The van der Waals surface area contributed by atoms with Gasteiger partial charge in [0, 0.05) is 0 Å². The van der Waals surface area contributed by atoms with E-state index in [1.54, 1.807) is 5.32 Å². The summed E-state index contributed by atoms with van der Waals surface area (Å²) in [6.07, 6.45) is -5.58. The Morgan fingerprint density at radius 2 is 1.95 bits per heavy atom. The summed E-state index contributed by atoms with van der Waals surface area (Å²) in [4.78, 5) is 11.1. The molecule has 19 heavy (non-hydrogen) atoms. The lowest BCUT2D eigenvalue weighted by molar-refractivity contribution is -0.137. The standard InChI is InChI=1S/C11H5F4N3O/c12-8-2-1-7(11(13,14)15)10(6(8)5-17)18-9(19)3-4-16/h1-2H,3H2,(H,18,19). The van der Waals surface area contributed by atoms with E-state index < -0.39 is 41.1 Å². The van der Waals surface area contributed by atoms with Crippen LogP contribution in [0.25, 0.3) is 0 Å². The number of rotatable bonds is 2. The summed E-state index contributed by atoms with van der Waals surface area (Å²) in [6, 6.07) is 3.58. The van der Waals surface area contributed by atoms with Crippen LogP contribution in [0.5, 0.6) is 0 Å². The third-order valence-corrected chi connectivity index (χ3v) is 2.08. The molecule has 0 aromatic heterocycles. The third-order valence-electron chi connectivity index (χ3n) is 2.08. The molecule has 1 rings (SSSR count). The highest BCUT2D eigenvalue weighted by atomic mass is 19.4. The van der Waals surface area contributed by atoms with Gasteiger partial charge >= 0.3 is 6.18 Å². The summed E-state index contributed by atoms with van der Waals surface area (Å²) in [5.74, 6) is -2.25. The molecule has 0 saturated carbocycles. The molecule has 0 bridgehead atoms. The number of benzene rings is 1. The number of carbonyl (C=O) groups is 1. The van der Waals surface area contributed by atoms with E-state index in [1.165, 1.54) is 12.1 Å². The number of hydrogen-bond donors (Lipinski definition) is 1. The summed E-state index contributed by atoms with van der Waals surface area (Å²) >= 11 is 0. The fraction of sp³-hybridized carbons (Fsp3) is 0.182. The second-order valence-electron chi connectivity index (χ2n) is 3.34. The lowest BCUT2D eigenvalue weighted by Gasteiger charge is -2.14. The van der Waals surface area contributed by atoms with E-state index in [-0.39, 0.29) is 0 Å². The molecule has 0 aliphatic heterocycles. The molecule has 0 heterocycles. The van der Waals surface area contributed by atoms with Crippen LogP contribution in [0.15, 0.2) is 12.1 Å². The first-order chi connectivity index (χ1) is 8.81. The highest BCUT2D eigenvalue weighted by Crippen LogP contribution is 2.37. The number of nitriles is 2. The quantitative estimate of drug-likeness (QED) is 0.840. The number of nitrogens with zero attached hydrogens (tertiary/aromatic N) is 2. The maximum absolute atomic E-state index is 13.2. The van der Waals surface area contributed by atoms with E-state index in [0.717, 1.165) is 0 Å². The van der Waals surface area contributed by atoms with Crippen LogP contribution in [0.4, 0.5) is 23.2 Å². The Morgan fingerprint density at radius 3 is 2.42 bits per heavy atom. The van der Waals surface area contributed by atoms with E-state index in [9.17, 15) is 22.4 Å². The van der Waals surface area contributed by atoms with Crippen molar-refractivity contribution in [2.45, 2.75) is 12.6 Å². The second-order valence-corrected chi connectivity index (χ2v) is 3.34. The Morgan fingerprint density at radius 1 is 1.32 bits per heavy atom. The maximum Gasteiger partial charge on any atom is 0.418 e. The fourth-order valence-electron chi connectivity index (χ4n) is 1.31. The average molecular weight is 271 g/mol. The monoisotopic (exact) mass is 271 g/mol. The van der Waals surface area contributed by atoms with Crippen LogP contribution < -0.4 is 5.32 Å². The van der Waals surface area contributed by atoms with Crippen LogP contribution in [-0.2, 0) is 11.0 Å². The molecule has 0 saturated heterocycles. The van der Waals surface area contributed by atoms with Crippen LogP contribution in [-0.4, -0.2) is 5.91 Å². The molecule has 1 N–H and O–H groups in total. The molecule has 1 aromatic rings. The number of alkyl halides is 3. The Balaban J connectivity index is 3.40. The molecule has 0 atom stereocenters. The third kappa shape index (κ3) is 3.19. The highest BCUT2D eigenvalue weighted by molar-refractivity contribution is 5.94. The van der Waals surface area contributed by atoms with Gasteiger partial charge in [0.2, 0.25) is 5.91 Å². The van der Waals surface area contributed by atoms with Crippen LogP contribution in [0.1, 0.15) is 17.5 Å². The number of carbonyl (C=O) groups excluding carboxylic acids is 1. The van der Waals surface area contributed by atoms with E-state index >= 15 is 0 Å². The lowest BCUT2D eigenvalue weighted by Crippen LogP contribution is -2.17. The van der Waals surface area contributed by atoms with Gasteiger partial charge in [-0.25, -0.2) is 4.39 Å². The maximum atomic E-state index is 13.2. The van der Waals surface area contributed by atoms with Crippen LogP contribution in [0, 0.1) is 28.5 Å². The molecule has 4 nitrogen and oxygen atoms in total. The number of amides is 1. The van der Waals surface area contributed by atoms with Crippen molar-refractivity contribution in [3.63, 3.8) is 0 Å². The van der Waals surface area contributed by atoms with E-state index in [4.69, 9.17) is 10.5 Å². The van der Waals surface area contributed by atoms with E-state index in [0.29, 0.717) is 12.1 Å². The van der Waals surface area contributed by atoms with Crippen LogP contribution in [0.3, 0.4) is 0 Å². The van der Waals surface area contributed by atoms with Gasteiger partial charge in [-0.05, 0) is 12.1 Å². The van der Waals surface area contributed by atoms with E-state index in [2.05, 4.69) is 0 Å². The van der Waals surface area contributed by atoms with Crippen molar-refractivity contribution < 1.29 is 22.4 Å². The van der Waals surface area contributed by atoms with Gasteiger partial charge in [0.15, 0.2) is 0 Å². The largest absolute Gasteiger partial charge is 0.418 e. The van der Waals surface area contributed by atoms with Crippen molar-refractivity contribution in [1.29, 1.82) is 10.5 Å². The normalized spacial score (nSPS) is 10.4. The minimum Gasteiger partial charge on any atom is -0.323 e. The Bertz CT molecular complexity index is 596. The molecular formula is C11H5F4N3O. The Kier molecular flexibility index (Phi) is 4.07. The summed E-state index contributed by atoms with van der Waals surface area (Å²) < 4.78 is 51.3. The van der Waals surface area contributed by atoms with Gasteiger partial charge in [-0.15, -0.1) is 0 Å². The predicted molar refractivity (Wildman–Crippen MR) is 55.0 cm³/mol. The Labute approximate surface area is 104 Å². The number of hydrogen-bond acceptors (Lipinski definition) is 3. The van der Waals surface area contributed by atoms with Gasteiger partial charge in [-0.3, -0.25) is 4.79 Å². The van der Waals surface area contributed by atoms with Gasteiger partial charge in [0.05, 0.1) is 17.3 Å². The number of anilines is 1. The van der Waals surface area contributed by atoms with Crippen molar-refractivity contribution in [2.75, 3.05) is 5.32 Å². The van der Waals surface area contributed by atoms with Crippen LogP contribution >= 0.6 is 0 Å². The van der Waals surface area contributed by atoms with Crippen molar-refractivity contribution in [2.24, 2.45) is 0 Å². The summed E-state index contributed by atoms with van der Waals surface area (Å²) in [6.45, 7) is 0. The molecule has 0 aliphatic carbocycles. The Hall–Kier alpha value is -2.61. The first kappa shape index (κ1) is 14.5. The molecule has 0 unspecified atom stereocenters. The highest BCUT2D eigenvalue weighted by Gasteiger charge is 2.36. The smallest absolute Gasteiger partial charge is 0.323 e. The minimum atomic E-state index is -4.87. The summed E-state index contributed by atoms with van der Waals surface area (Å²) in [5, 5.41) is 18.6. The average Bonchev–Trinajstić information content (AvgIpc) is 2.28. The fourth-order valence-corrected chi connectivity index (χ4v) is 1.31. The van der Waals surface area contributed by atoms with E-state index in [1.807, 2.05) is 0 Å². The number of halogens is 4. The van der Waals surface area contributed by atoms with Gasteiger partial charge in [-0.2, -0.15) is 23.7 Å². The molecule has 0 aliphatic rings. The van der Waals surface area contributed by atoms with Gasteiger partial charge in [0.1, 0.15) is 23.9 Å². The van der Waals surface area contributed by atoms with Crippen molar-refractivity contribution in [3.8, 4) is 12.1 Å². The summed E-state index contributed by atoms with van der Waals surface area (Å²) in [5.41, 5.74) is -3.26. The zero-order chi connectivity index (χ0) is 14.6. The zero-order valence-corrected chi connectivity index (χ0v) is 9.18. The zero-order valence-electron chi connectivity index (χ0n) is 9.18.